The second kappa shape index (κ2) is 16.1. The summed E-state index contributed by atoms with van der Waals surface area (Å²) in [5.41, 5.74) is 11.6. The number of hydrogen-bond acceptors (Lipinski definition) is 9. The Labute approximate surface area is 165 Å². The molecule has 0 heterocycles. The van der Waals surface area contributed by atoms with Crippen LogP contribution in [0.15, 0.2) is 5.11 Å². The molecule has 11 nitrogen and oxygen atoms in total. The zero-order valence-electron chi connectivity index (χ0n) is 17.1. The lowest BCUT2D eigenvalue weighted by Gasteiger charge is -2.22. The summed E-state index contributed by atoms with van der Waals surface area (Å²) >= 11 is 0. The molecule has 0 aromatic rings. The van der Waals surface area contributed by atoms with E-state index in [4.69, 9.17) is 30.2 Å². The highest BCUT2D eigenvalue weighted by molar-refractivity contribution is 5.79. The molecule has 0 rings (SSSR count). The summed E-state index contributed by atoms with van der Waals surface area (Å²) < 4.78 is 21.0. The van der Waals surface area contributed by atoms with Gasteiger partial charge in [0.15, 0.2) is 0 Å². The molecule has 0 saturated heterocycles. The zero-order valence-corrected chi connectivity index (χ0v) is 17.1. The third-order valence-corrected chi connectivity index (χ3v) is 3.11. The van der Waals surface area contributed by atoms with Crippen LogP contribution < -0.4 is 16.0 Å². The highest BCUT2D eigenvalue weighted by atomic mass is 16.6. The average molecular weight is 404 g/mol. The Hall–Kier alpha value is -1.91. The number of carbonyl (C=O) groups is 2. The molecule has 11 heteroatoms. The summed E-state index contributed by atoms with van der Waals surface area (Å²) in [5.74, 6) is -0.701. The lowest BCUT2D eigenvalue weighted by atomic mass is 10.1. The standard InChI is InChI=1S/C17H33N5O6/c1-17(2,3)28-16(24)14(18)4-5-15(23)20-6-8-25-10-12-27-13-11-26-9-7-21-22-19/h14,19H,4-13,18H2,1-3H3/p+1/t14-/m0/s1. The number of carbonyl (C=O) groups excluding carboxylic acids is 2. The summed E-state index contributed by atoms with van der Waals surface area (Å²) in [5, 5.41) is 6.15. The van der Waals surface area contributed by atoms with Crippen molar-refractivity contribution in [2.75, 3.05) is 52.7 Å². The van der Waals surface area contributed by atoms with Crippen molar-refractivity contribution in [3.05, 3.63) is 0 Å². The molecular formula is C17H34N5O6+. The van der Waals surface area contributed by atoms with E-state index in [2.05, 4.69) is 15.3 Å². The van der Waals surface area contributed by atoms with Gasteiger partial charge in [-0.25, -0.2) is 0 Å². The first kappa shape index (κ1) is 26.1. The van der Waals surface area contributed by atoms with Crippen LogP contribution in [0.4, 0.5) is 0 Å². The molecule has 0 aliphatic rings. The summed E-state index contributed by atoms with van der Waals surface area (Å²) in [7, 11) is 0. The van der Waals surface area contributed by atoms with E-state index >= 15 is 0 Å². The fourth-order valence-corrected chi connectivity index (χ4v) is 1.83. The first-order chi connectivity index (χ1) is 13.3. The number of esters is 1. The number of ether oxygens (including phenoxy) is 4. The molecule has 0 saturated carbocycles. The van der Waals surface area contributed by atoms with Crippen molar-refractivity contribution in [1.82, 2.24) is 10.2 Å². The van der Waals surface area contributed by atoms with Crippen molar-refractivity contribution >= 4 is 11.9 Å². The fourth-order valence-electron chi connectivity index (χ4n) is 1.83. The summed E-state index contributed by atoms with van der Waals surface area (Å²) in [6.07, 6.45) is 0.371. The molecule has 0 aromatic carbocycles. The maximum Gasteiger partial charge on any atom is 0.323 e. The van der Waals surface area contributed by atoms with Crippen molar-refractivity contribution in [3.63, 3.8) is 0 Å². The van der Waals surface area contributed by atoms with Gasteiger partial charge in [-0.1, -0.05) is 0 Å². The van der Waals surface area contributed by atoms with Gasteiger partial charge in [0.05, 0.1) is 39.6 Å². The van der Waals surface area contributed by atoms with Crippen LogP contribution in [0, 0.1) is 5.53 Å². The predicted octanol–water partition coefficient (Wildman–Crippen LogP) is 0.152. The quantitative estimate of drug-likeness (QED) is 0.143. The molecule has 0 aliphatic carbocycles. The van der Waals surface area contributed by atoms with Crippen molar-refractivity contribution in [3.8, 4) is 0 Å². The molecule has 0 aromatic heterocycles. The molecule has 28 heavy (non-hydrogen) atoms. The Morgan fingerprint density at radius 3 is 2.21 bits per heavy atom. The number of hydrogen-bond donors (Lipinski definition) is 3. The molecule has 162 valence electrons. The Kier molecular flexibility index (Phi) is 15.0. The molecule has 0 fully saturated rings. The summed E-state index contributed by atoms with van der Waals surface area (Å²) in [6, 6.07) is -0.815. The van der Waals surface area contributed by atoms with Crippen molar-refractivity contribution in [1.29, 1.82) is 5.53 Å². The van der Waals surface area contributed by atoms with E-state index in [1.807, 2.05) is 0 Å². The van der Waals surface area contributed by atoms with Crippen molar-refractivity contribution < 1.29 is 28.5 Å². The lowest BCUT2D eigenvalue weighted by Crippen LogP contribution is -2.38. The van der Waals surface area contributed by atoms with Gasteiger partial charge < -0.3 is 30.0 Å². The second-order valence-electron chi connectivity index (χ2n) is 6.83. The molecule has 4 N–H and O–H groups in total. The maximum atomic E-state index is 11.7. The van der Waals surface area contributed by atoms with Crippen LogP contribution in [0.5, 0.6) is 0 Å². The van der Waals surface area contributed by atoms with Crippen LogP contribution in [-0.4, -0.2) is 76.3 Å². The smallest absolute Gasteiger partial charge is 0.323 e. The van der Waals surface area contributed by atoms with E-state index in [1.54, 1.807) is 20.8 Å². The van der Waals surface area contributed by atoms with Crippen molar-refractivity contribution in [2.24, 2.45) is 10.8 Å². The minimum Gasteiger partial charge on any atom is -0.459 e. The fraction of sp³-hybridized carbons (Fsp3) is 0.882. The van der Waals surface area contributed by atoms with Crippen LogP contribution >= 0.6 is 0 Å². The van der Waals surface area contributed by atoms with Gasteiger partial charge >= 0.3 is 5.97 Å². The average Bonchev–Trinajstić information content (AvgIpc) is 2.62. The van der Waals surface area contributed by atoms with Crippen LogP contribution in [0.2, 0.25) is 0 Å². The zero-order chi connectivity index (χ0) is 21.3. The van der Waals surface area contributed by atoms with Crippen LogP contribution in [0.3, 0.4) is 0 Å². The van der Waals surface area contributed by atoms with E-state index in [9.17, 15) is 9.59 Å². The normalized spacial score (nSPS) is 12.1. The van der Waals surface area contributed by atoms with Crippen molar-refractivity contribution in [2.45, 2.75) is 45.3 Å². The van der Waals surface area contributed by atoms with Crippen LogP contribution in [0.25, 0.3) is 0 Å². The number of amides is 1. The molecule has 0 spiro atoms. The van der Waals surface area contributed by atoms with Crippen LogP contribution in [-0.2, 0) is 28.5 Å². The summed E-state index contributed by atoms with van der Waals surface area (Å²) in [4.78, 5) is 26.3. The number of nitrogens with two attached hydrogens (primary N) is 1. The van der Waals surface area contributed by atoms with E-state index in [1.165, 1.54) is 0 Å². The van der Waals surface area contributed by atoms with Gasteiger partial charge in [0.2, 0.25) is 10.8 Å². The molecule has 0 aliphatic heterocycles. The van der Waals surface area contributed by atoms with E-state index < -0.39 is 17.6 Å². The van der Waals surface area contributed by atoms with Gasteiger partial charge in [-0.2, -0.15) is 0 Å². The Balaban J connectivity index is 3.48. The lowest BCUT2D eigenvalue weighted by molar-refractivity contribution is -0.156. The van der Waals surface area contributed by atoms with Gasteiger partial charge in [0, 0.05) is 13.0 Å². The SMILES string of the molecule is CC(C)(C)OC(=O)[C@@H](N)CCC(=O)NCCOCCOCCOCCN=[N+]=N. The van der Waals surface area contributed by atoms with Gasteiger partial charge in [0.1, 0.15) is 28.8 Å². The largest absolute Gasteiger partial charge is 0.459 e. The molecule has 0 radical (unpaired) electrons. The minimum atomic E-state index is -0.815. The highest BCUT2D eigenvalue weighted by Gasteiger charge is 2.22. The second-order valence-corrected chi connectivity index (χ2v) is 6.83. The molecule has 0 unspecified atom stereocenters. The minimum absolute atomic E-state index is 0.146. The monoisotopic (exact) mass is 404 g/mol. The molecule has 1 atom stereocenters. The third-order valence-electron chi connectivity index (χ3n) is 3.11. The Morgan fingerprint density at radius 1 is 1.07 bits per heavy atom. The Bertz CT molecular complexity index is 491. The number of nitrogens with zero attached hydrogens (tertiary/aromatic N) is 2. The first-order valence-electron chi connectivity index (χ1n) is 9.28. The molecule has 1 amide bonds. The van der Waals surface area contributed by atoms with E-state index in [0.29, 0.717) is 52.7 Å². The number of rotatable bonds is 16. The Morgan fingerprint density at radius 2 is 1.64 bits per heavy atom. The molecule has 0 bridgehead atoms. The highest BCUT2D eigenvalue weighted by Crippen LogP contribution is 2.09. The van der Waals surface area contributed by atoms with E-state index in [-0.39, 0.29) is 18.7 Å². The third kappa shape index (κ3) is 17.5. The first-order valence-corrected chi connectivity index (χ1v) is 9.28. The van der Waals surface area contributed by atoms with E-state index in [0.717, 1.165) is 0 Å². The number of nitrogens with one attached hydrogen (secondary N) is 2. The maximum absolute atomic E-state index is 11.7. The van der Waals surface area contributed by atoms with Gasteiger partial charge in [-0.05, 0) is 27.2 Å². The topological polar surface area (TPSA) is 159 Å². The van der Waals surface area contributed by atoms with Gasteiger partial charge in [0.25, 0.3) is 0 Å². The predicted molar refractivity (Wildman–Crippen MR) is 101 cm³/mol. The van der Waals surface area contributed by atoms with Gasteiger partial charge in [-0.15, -0.1) is 0 Å². The van der Waals surface area contributed by atoms with Crippen LogP contribution in [0.1, 0.15) is 33.6 Å². The van der Waals surface area contributed by atoms with Gasteiger partial charge in [-0.3, -0.25) is 9.59 Å². The molecular weight excluding hydrogens is 370 g/mol. The summed E-state index contributed by atoms with van der Waals surface area (Å²) in [6.45, 7) is 8.51.